The number of rotatable bonds is 6. The van der Waals surface area contributed by atoms with Gasteiger partial charge < -0.3 is 15.7 Å². The Bertz CT molecular complexity index is 301. The maximum atomic E-state index is 11.4. The molecule has 0 saturated carbocycles. The molecule has 6 heteroatoms. The second-order valence-electron chi connectivity index (χ2n) is 3.38. The van der Waals surface area contributed by atoms with E-state index in [0.717, 1.165) is 6.08 Å². The molecule has 2 atom stereocenters. The molecule has 0 heterocycles. The van der Waals surface area contributed by atoms with Crippen LogP contribution in [0.3, 0.4) is 0 Å². The lowest BCUT2D eigenvalue weighted by atomic mass is 9.95. The normalized spacial score (nSPS) is 13.4. The van der Waals surface area contributed by atoms with Crippen molar-refractivity contribution in [2.75, 3.05) is 6.67 Å². The molecule has 3 N–H and O–H groups in total. The maximum absolute atomic E-state index is 11.4. The van der Waals surface area contributed by atoms with Crippen molar-refractivity contribution in [3.8, 4) is 0 Å². The molecule has 2 unspecified atom stereocenters. The number of carbonyl (C=O) groups is 3. The van der Waals surface area contributed by atoms with E-state index >= 15 is 0 Å². The Morgan fingerprint density at radius 1 is 1.25 bits per heavy atom. The summed E-state index contributed by atoms with van der Waals surface area (Å²) in [5.74, 6) is -3.27. The predicted molar refractivity (Wildman–Crippen MR) is 57.3 cm³/mol. The third-order valence-electron chi connectivity index (χ3n) is 2.26. The van der Waals surface area contributed by atoms with E-state index in [0.29, 0.717) is 0 Å². The summed E-state index contributed by atoms with van der Waals surface area (Å²) >= 11 is 0. The summed E-state index contributed by atoms with van der Waals surface area (Å²) in [6.07, 6.45) is 1.08. The lowest BCUT2D eigenvalue weighted by molar-refractivity contribution is -0.146. The summed E-state index contributed by atoms with van der Waals surface area (Å²) in [5.41, 5.74) is 0. The Morgan fingerprint density at radius 2 is 1.81 bits per heavy atom. The number of carboxylic acids is 1. The van der Waals surface area contributed by atoms with Crippen LogP contribution >= 0.6 is 0 Å². The average Bonchev–Trinajstić information content (AvgIpc) is 2.26. The molecular weight excluding hydrogens is 212 g/mol. The molecule has 0 aliphatic heterocycles. The second-order valence-corrected chi connectivity index (χ2v) is 3.38. The first-order valence-electron chi connectivity index (χ1n) is 4.81. The molecule has 0 bridgehead atoms. The van der Waals surface area contributed by atoms with Gasteiger partial charge in [0.05, 0.1) is 12.6 Å². The van der Waals surface area contributed by atoms with Gasteiger partial charge in [-0.15, -0.1) is 0 Å². The molecule has 0 fully saturated rings. The van der Waals surface area contributed by atoms with Crippen molar-refractivity contribution in [2.45, 2.75) is 13.8 Å². The lowest BCUT2D eigenvalue weighted by Gasteiger charge is -2.15. The van der Waals surface area contributed by atoms with Crippen molar-refractivity contribution in [3.63, 3.8) is 0 Å². The summed E-state index contributed by atoms with van der Waals surface area (Å²) in [5, 5.41) is 13.4. The highest BCUT2D eigenvalue weighted by Gasteiger charge is 2.25. The number of nitrogens with one attached hydrogen (secondary N) is 2. The molecule has 0 aromatic rings. The first kappa shape index (κ1) is 14.2. The Hall–Kier alpha value is -1.85. The van der Waals surface area contributed by atoms with E-state index in [1.54, 1.807) is 0 Å². The summed E-state index contributed by atoms with van der Waals surface area (Å²) in [7, 11) is 0. The van der Waals surface area contributed by atoms with Crippen molar-refractivity contribution in [3.05, 3.63) is 12.7 Å². The minimum absolute atomic E-state index is 0.0413. The molecule has 0 radical (unpaired) electrons. The molecule has 0 aliphatic rings. The number of amides is 2. The molecule has 0 aromatic heterocycles. The van der Waals surface area contributed by atoms with Gasteiger partial charge in [0.15, 0.2) is 0 Å². The monoisotopic (exact) mass is 228 g/mol. The van der Waals surface area contributed by atoms with Gasteiger partial charge in [0, 0.05) is 5.92 Å². The molecular formula is C10H16N2O4. The number of aliphatic carboxylic acids is 1. The van der Waals surface area contributed by atoms with Crippen LogP contribution in [0.2, 0.25) is 0 Å². The van der Waals surface area contributed by atoms with Gasteiger partial charge in [-0.05, 0) is 6.08 Å². The largest absolute Gasteiger partial charge is 0.481 e. The number of hydrogen-bond donors (Lipinski definition) is 3. The third-order valence-corrected chi connectivity index (χ3v) is 2.26. The van der Waals surface area contributed by atoms with Gasteiger partial charge in [0.25, 0.3) is 0 Å². The summed E-state index contributed by atoms with van der Waals surface area (Å²) in [4.78, 5) is 32.7. The van der Waals surface area contributed by atoms with Crippen molar-refractivity contribution in [2.24, 2.45) is 11.8 Å². The highest BCUT2D eigenvalue weighted by atomic mass is 16.4. The topological polar surface area (TPSA) is 95.5 Å². The second kappa shape index (κ2) is 6.60. The van der Waals surface area contributed by atoms with E-state index in [2.05, 4.69) is 17.2 Å². The van der Waals surface area contributed by atoms with E-state index in [1.165, 1.54) is 13.8 Å². The standard InChI is InChI=1S/C10H16N2O4/c1-4-8(13)11-5-12-9(14)6(2)7(3)10(15)16/h4,6-7H,1,5H2,2-3H3,(H,11,13)(H,12,14)(H,15,16). The van der Waals surface area contributed by atoms with E-state index in [1.807, 2.05) is 0 Å². The van der Waals surface area contributed by atoms with Crippen LogP contribution in [0, 0.1) is 11.8 Å². The highest BCUT2D eigenvalue weighted by Crippen LogP contribution is 2.10. The highest BCUT2D eigenvalue weighted by molar-refractivity contribution is 5.87. The number of carboxylic acid groups (broad SMARTS) is 1. The van der Waals surface area contributed by atoms with Crippen molar-refractivity contribution >= 4 is 17.8 Å². The fourth-order valence-corrected chi connectivity index (χ4v) is 0.893. The van der Waals surface area contributed by atoms with Gasteiger partial charge in [0.1, 0.15) is 0 Å². The average molecular weight is 228 g/mol. The maximum Gasteiger partial charge on any atom is 0.307 e. The van der Waals surface area contributed by atoms with Crippen LogP contribution in [0.1, 0.15) is 13.8 Å². The van der Waals surface area contributed by atoms with Crippen LogP contribution in [-0.4, -0.2) is 29.6 Å². The quantitative estimate of drug-likeness (QED) is 0.430. The van der Waals surface area contributed by atoms with Crippen LogP contribution in [0.15, 0.2) is 12.7 Å². The predicted octanol–water partition coefficient (Wildman–Crippen LogP) is -0.281. The Kier molecular flexibility index (Phi) is 5.84. The summed E-state index contributed by atoms with van der Waals surface area (Å²) in [6, 6.07) is 0. The van der Waals surface area contributed by atoms with Crippen molar-refractivity contribution in [1.29, 1.82) is 0 Å². The van der Waals surface area contributed by atoms with Crippen LogP contribution < -0.4 is 10.6 Å². The van der Waals surface area contributed by atoms with Crippen molar-refractivity contribution in [1.82, 2.24) is 10.6 Å². The first-order valence-corrected chi connectivity index (χ1v) is 4.81. The summed E-state index contributed by atoms with van der Waals surface area (Å²) < 4.78 is 0. The minimum atomic E-state index is -1.03. The smallest absolute Gasteiger partial charge is 0.307 e. The molecule has 0 saturated heterocycles. The van der Waals surface area contributed by atoms with E-state index in [-0.39, 0.29) is 6.67 Å². The fourth-order valence-electron chi connectivity index (χ4n) is 0.893. The first-order chi connectivity index (χ1) is 7.40. The Labute approximate surface area is 93.7 Å². The number of carbonyl (C=O) groups excluding carboxylic acids is 2. The van der Waals surface area contributed by atoms with Crippen LogP contribution in [-0.2, 0) is 14.4 Å². The fraction of sp³-hybridized carbons (Fsp3) is 0.500. The zero-order chi connectivity index (χ0) is 12.7. The van der Waals surface area contributed by atoms with Crippen molar-refractivity contribution < 1.29 is 19.5 Å². The molecule has 0 rings (SSSR count). The minimum Gasteiger partial charge on any atom is -0.481 e. The van der Waals surface area contributed by atoms with Crippen LogP contribution in [0.5, 0.6) is 0 Å². The zero-order valence-corrected chi connectivity index (χ0v) is 9.32. The number of hydrogen-bond acceptors (Lipinski definition) is 3. The van der Waals surface area contributed by atoms with Gasteiger partial charge in [-0.1, -0.05) is 20.4 Å². The van der Waals surface area contributed by atoms with Gasteiger partial charge in [-0.2, -0.15) is 0 Å². The molecule has 2 amide bonds. The SMILES string of the molecule is C=CC(=O)NCNC(=O)C(C)C(C)C(=O)O. The Balaban J connectivity index is 4.02. The molecule has 6 nitrogen and oxygen atoms in total. The van der Waals surface area contributed by atoms with Gasteiger partial charge >= 0.3 is 5.97 Å². The zero-order valence-electron chi connectivity index (χ0n) is 9.32. The summed E-state index contributed by atoms with van der Waals surface area (Å²) in [6.45, 7) is 6.17. The molecule has 0 aliphatic carbocycles. The molecule has 16 heavy (non-hydrogen) atoms. The van der Waals surface area contributed by atoms with Crippen LogP contribution in [0.25, 0.3) is 0 Å². The lowest BCUT2D eigenvalue weighted by Crippen LogP contribution is -2.41. The van der Waals surface area contributed by atoms with E-state index in [4.69, 9.17) is 5.11 Å². The van der Waals surface area contributed by atoms with E-state index < -0.39 is 29.6 Å². The van der Waals surface area contributed by atoms with Gasteiger partial charge in [-0.25, -0.2) is 0 Å². The molecule has 0 spiro atoms. The third kappa shape index (κ3) is 4.59. The van der Waals surface area contributed by atoms with Gasteiger partial charge in [0.2, 0.25) is 11.8 Å². The Morgan fingerprint density at radius 3 is 2.25 bits per heavy atom. The van der Waals surface area contributed by atoms with Gasteiger partial charge in [-0.3, -0.25) is 14.4 Å². The van der Waals surface area contributed by atoms with E-state index in [9.17, 15) is 14.4 Å². The molecule has 90 valence electrons. The molecule has 0 aromatic carbocycles. The van der Waals surface area contributed by atoms with Crippen LogP contribution in [0.4, 0.5) is 0 Å².